The summed E-state index contributed by atoms with van der Waals surface area (Å²) in [6, 6.07) is 8.27. The molecule has 3 rings (SSSR count). The average Bonchev–Trinajstić information content (AvgIpc) is 2.97. The van der Waals surface area contributed by atoms with Crippen LogP contribution in [0, 0.1) is 0 Å². The fourth-order valence-corrected chi connectivity index (χ4v) is 3.43. The van der Waals surface area contributed by atoms with Gasteiger partial charge in [0.25, 0.3) is 0 Å². The first-order valence-electron chi connectivity index (χ1n) is 7.13. The van der Waals surface area contributed by atoms with Crippen molar-refractivity contribution in [3.05, 3.63) is 34.3 Å². The second kappa shape index (κ2) is 6.24. The molecular formula is C15H19BrN2O2. The van der Waals surface area contributed by atoms with Crippen molar-refractivity contribution in [3.63, 3.8) is 0 Å². The van der Waals surface area contributed by atoms with Gasteiger partial charge in [0.2, 0.25) is 5.91 Å². The van der Waals surface area contributed by atoms with Gasteiger partial charge >= 0.3 is 0 Å². The van der Waals surface area contributed by atoms with Gasteiger partial charge in [-0.3, -0.25) is 4.79 Å². The van der Waals surface area contributed by atoms with Crippen molar-refractivity contribution in [2.45, 2.75) is 24.9 Å². The van der Waals surface area contributed by atoms with E-state index in [0.29, 0.717) is 13.2 Å². The standard InChI is InChI=1S/C15H19BrN2O2/c16-12-4-1-3-11(9-12)14-5-2-7-18(14)15(19)13-10-20-8-6-17-13/h1,3-4,9,13-14,17H,2,5-8,10H2. The van der Waals surface area contributed by atoms with Crippen LogP contribution in [0.15, 0.2) is 28.7 Å². The van der Waals surface area contributed by atoms with Crippen LogP contribution < -0.4 is 5.32 Å². The lowest BCUT2D eigenvalue weighted by molar-refractivity contribution is -0.137. The van der Waals surface area contributed by atoms with Gasteiger partial charge < -0.3 is 15.0 Å². The largest absolute Gasteiger partial charge is 0.378 e. The van der Waals surface area contributed by atoms with Crippen LogP contribution in [0.3, 0.4) is 0 Å². The van der Waals surface area contributed by atoms with Crippen molar-refractivity contribution in [3.8, 4) is 0 Å². The van der Waals surface area contributed by atoms with E-state index in [1.807, 2.05) is 17.0 Å². The Kier molecular flexibility index (Phi) is 4.38. The molecule has 1 aromatic rings. The van der Waals surface area contributed by atoms with Crippen LogP contribution >= 0.6 is 15.9 Å². The minimum atomic E-state index is -0.184. The van der Waals surface area contributed by atoms with Gasteiger partial charge in [-0.1, -0.05) is 28.1 Å². The van der Waals surface area contributed by atoms with Crippen molar-refractivity contribution in [1.82, 2.24) is 10.2 Å². The Morgan fingerprint density at radius 1 is 1.45 bits per heavy atom. The van der Waals surface area contributed by atoms with E-state index in [2.05, 4.69) is 33.4 Å². The van der Waals surface area contributed by atoms with E-state index in [0.717, 1.165) is 30.4 Å². The Hall–Kier alpha value is -0.910. The maximum Gasteiger partial charge on any atom is 0.242 e. The molecule has 20 heavy (non-hydrogen) atoms. The second-order valence-corrected chi connectivity index (χ2v) is 6.24. The van der Waals surface area contributed by atoms with Crippen molar-refractivity contribution in [1.29, 1.82) is 0 Å². The van der Waals surface area contributed by atoms with E-state index in [9.17, 15) is 4.79 Å². The zero-order valence-electron chi connectivity index (χ0n) is 11.3. The highest BCUT2D eigenvalue weighted by Gasteiger charge is 2.34. The van der Waals surface area contributed by atoms with Gasteiger partial charge in [0.1, 0.15) is 6.04 Å². The van der Waals surface area contributed by atoms with Crippen LogP contribution in [-0.4, -0.2) is 43.2 Å². The van der Waals surface area contributed by atoms with Crippen LogP contribution in [0.1, 0.15) is 24.4 Å². The molecule has 108 valence electrons. The van der Waals surface area contributed by atoms with E-state index in [1.165, 1.54) is 5.56 Å². The number of hydrogen-bond acceptors (Lipinski definition) is 3. The third-order valence-electron chi connectivity index (χ3n) is 3.99. The lowest BCUT2D eigenvalue weighted by Gasteiger charge is -2.31. The molecule has 2 heterocycles. The monoisotopic (exact) mass is 338 g/mol. The molecule has 0 aliphatic carbocycles. The van der Waals surface area contributed by atoms with Gasteiger partial charge in [-0.05, 0) is 30.5 Å². The van der Waals surface area contributed by atoms with Crippen LogP contribution in [0.2, 0.25) is 0 Å². The summed E-state index contributed by atoms with van der Waals surface area (Å²) >= 11 is 3.51. The third kappa shape index (κ3) is 2.90. The van der Waals surface area contributed by atoms with E-state index < -0.39 is 0 Å². The summed E-state index contributed by atoms with van der Waals surface area (Å²) in [6.45, 7) is 2.78. The summed E-state index contributed by atoms with van der Waals surface area (Å²) in [5.41, 5.74) is 1.21. The molecule has 5 heteroatoms. The minimum absolute atomic E-state index is 0.173. The van der Waals surface area contributed by atoms with Gasteiger partial charge in [0.05, 0.1) is 19.3 Å². The molecule has 0 spiro atoms. The number of rotatable bonds is 2. The zero-order chi connectivity index (χ0) is 13.9. The summed E-state index contributed by atoms with van der Waals surface area (Å²) < 4.78 is 6.47. The minimum Gasteiger partial charge on any atom is -0.378 e. The SMILES string of the molecule is O=C(C1COCCN1)N1CCCC1c1cccc(Br)c1. The van der Waals surface area contributed by atoms with Crippen LogP contribution in [-0.2, 0) is 9.53 Å². The molecule has 2 aliphatic heterocycles. The fourth-order valence-electron chi connectivity index (χ4n) is 3.02. The number of benzene rings is 1. The Balaban J connectivity index is 1.76. The molecule has 2 aliphatic rings. The first-order chi connectivity index (χ1) is 9.75. The number of hydrogen-bond donors (Lipinski definition) is 1. The molecule has 0 aromatic heterocycles. The summed E-state index contributed by atoms with van der Waals surface area (Å²) in [7, 11) is 0. The molecule has 2 unspecified atom stereocenters. The number of nitrogens with zero attached hydrogens (tertiary/aromatic N) is 1. The third-order valence-corrected chi connectivity index (χ3v) is 4.48. The van der Waals surface area contributed by atoms with Gasteiger partial charge in [-0.25, -0.2) is 0 Å². The Morgan fingerprint density at radius 2 is 2.35 bits per heavy atom. The number of ether oxygens (including phenoxy) is 1. The predicted molar refractivity (Wildman–Crippen MR) is 80.4 cm³/mol. The summed E-state index contributed by atoms with van der Waals surface area (Å²) in [4.78, 5) is 14.6. The number of carbonyl (C=O) groups excluding carboxylic acids is 1. The molecule has 0 bridgehead atoms. The van der Waals surface area contributed by atoms with Crippen LogP contribution in [0.5, 0.6) is 0 Å². The van der Waals surface area contributed by atoms with Crippen LogP contribution in [0.4, 0.5) is 0 Å². The highest BCUT2D eigenvalue weighted by molar-refractivity contribution is 9.10. The van der Waals surface area contributed by atoms with E-state index in [1.54, 1.807) is 0 Å². The topological polar surface area (TPSA) is 41.6 Å². The predicted octanol–water partition coefficient (Wildman–Crippen LogP) is 2.10. The molecule has 1 amide bonds. The number of carbonyl (C=O) groups is 1. The molecule has 0 saturated carbocycles. The number of nitrogens with one attached hydrogen (secondary N) is 1. The van der Waals surface area contributed by atoms with Gasteiger partial charge in [-0.2, -0.15) is 0 Å². The number of likely N-dealkylation sites (tertiary alicyclic amines) is 1. The highest BCUT2D eigenvalue weighted by Crippen LogP contribution is 2.33. The molecule has 4 nitrogen and oxygen atoms in total. The number of morpholine rings is 1. The summed E-state index contributed by atoms with van der Waals surface area (Å²) in [5.74, 6) is 0.173. The van der Waals surface area contributed by atoms with E-state index in [4.69, 9.17) is 4.74 Å². The molecule has 2 saturated heterocycles. The van der Waals surface area contributed by atoms with Crippen molar-refractivity contribution >= 4 is 21.8 Å². The molecule has 0 radical (unpaired) electrons. The fraction of sp³-hybridized carbons (Fsp3) is 0.533. The quantitative estimate of drug-likeness (QED) is 0.897. The molecular weight excluding hydrogens is 320 g/mol. The van der Waals surface area contributed by atoms with E-state index in [-0.39, 0.29) is 18.0 Å². The lowest BCUT2D eigenvalue weighted by Crippen LogP contribution is -2.52. The smallest absolute Gasteiger partial charge is 0.242 e. The van der Waals surface area contributed by atoms with Gasteiger partial charge in [0.15, 0.2) is 0 Å². The maximum absolute atomic E-state index is 12.6. The Morgan fingerprint density at radius 3 is 3.10 bits per heavy atom. The normalized spacial score (nSPS) is 26.8. The number of halogens is 1. The Labute approximate surface area is 127 Å². The Bertz CT molecular complexity index is 489. The van der Waals surface area contributed by atoms with Crippen LogP contribution in [0.25, 0.3) is 0 Å². The maximum atomic E-state index is 12.6. The zero-order valence-corrected chi connectivity index (χ0v) is 12.9. The van der Waals surface area contributed by atoms with Crippen molar-refractivity contribution in [2.24, 2.45) is 0 Å². The van der Waals surface area contributed by atoms with Gasteiger partial charge in [-0.15, -0.1) is 0 Å². The van der Waals surface area contributed by atoms with Crippen molar-refractivity contribution < 1.29 is 9.53 Å². The molecule has 2 atom stereocenters. The lowest BCUT2D eigenvalue weighted by atomic mass is 10.0. The molecule has 1 aromatic carbocycles. The first kappa shape index (κ1) is 14.0. The summed E-state index contributed by atoms with van der Waals surface area (Å²) in [5, 5.41) is 3.25. The first-order valence-corrected chi connectivity index (χ1v) is 7.92. The highest BCUT2D eigenvalue weighted by atomic mass is 79.9. The average molecular weight is 339 g/mol. The van der Waals surface area contributed by atoms with Crippen molar-refractivity contribution in [2.75, 3.05) is 26.3 Å². The van der Waals surface area contributed by atoms with E-state index >= 15 is 0 Å². The summed E-state index contributed by atoms with van der Waals surface area (Å²) in [6.07, 6.45) is 2.10. The number of amides is 1. The van der Waals surface area contributed by atoms with Gasteiger partial charge in [0, 0.05) is 17.6 Å². The molecule has 1 N–H and O–H groups in total. The molecule has 2 fully saturated rings. The second-order valence-electron chi connectivity index (χ2n) is 5.33.